The molecule has 0 spiro atoms. The van der Waals surface area contributed by atoms with Crippen molar-refractivity contribution in [1.82, 2.24) is 15.5 Å². The molecule has 2 N–H and O–H groups in total. The number of methoxy groups -OCH3 is 2. The molecule has 1 saturated carbocycles. The van der Waals surface area contributed by atoms with Crippen molar-refractivity contribution in [3.63, 3.8) is 0 Å². The smallest absolute Gasteiger partial charge is 0.191 e. The van der Waals surface area contributed by atoms with Crippen LogP contribution in [0.4, 0.5) is 0 Å². The van der Waals surface area contributed by atoms with Crippen LogP contribution >= 0.6 is 0 Å². The van der Waals surface area contributed by atoms with E-state index in [0.717, 1.165) is 50.1 Å². The zero-order valence-electron chi connectivity index (χ0n) is 15.5. The highest BCUT2D eigenvalue weighted by Gasteiger charge is 2.26. The van der Waals surface area contributed by atoms with Gasteiger partial charge in [-0.25, -0.2) is 0 Å². The molecule has 1 aromatic carbocycles. The molecule has 1 heterocycles. The van der Waals surface area contributed by atoms with E-state index in [1.54, 1.807) is 14.2 Å². The summed E-state index contributed by atoms with van der Waals surface area (Å²) in [5.41, 5.74) is 1.22. The zero-order valence-corrected chi connectivity index (χ0v) is 15.5. The summed E-state index contributed by atoms with van der Waals surface area (Å²) in [5, 5.41) is 7.10. The summed E-state index contributed by atoms with van der Waals surface area (Å²) in [6, 6.07) is 7.15. The standard InChI is InChI=1S/C19H30N4O2/c1-4-20-19(21-15-5-6-15)22-16-7-8-23(13-16)12-14-9-17(24-2)11-18(10-14)25-3/h9-11,15-16H,4-8,12-13H2,1-3H3,(H2,20,21,22). The summed E-state index contributed by atoms with van der Waals surface area (Å²) < 4.78 is 10.7. The van der Waals surface area contributed by atoms with Crippen molar-refractivity contribution in [3.05, 3.63) is 23.8 Å². The van der Waals surface area contributed by atoms with Crippen LogP contribution in [0.5, 0.6) is 11.5 Å². The van der Waals surface area contributed by atoms with Crippen molar-refractivity contribution in [1.29, 1.82) is 0 Å². The topological polar surface area (TPSA) is 58.1 Å². The monoisotopic (exact) mass is 346 g/mol. The first-order chi connectivity index (χ1) is 12.2. The molecule has 6 heteroatoms. The van der Waals surface area contributed by atoms with Crippen molar-refractivity contribution >= 4 is 5.96 Å². The van der Waals surface area contributed by atoms with Crippen molar-refractivity contribution in [2.45, 2.75) is 44.8 Å². The molecule has 138 valence electrons. The normalized spacial score (nSPS) is 21.2. The lowest BCUT2D eigenvalue weighted by molar-refractivity contribution is 0.321. The summed E-state index contributed by atoms with van der Waals surface area (Å²) in [5.74, 6) is 2.66. The van der Waals surface area contributed by atoms with E-state index < -0.39 is 0 Å². The third-order valence-electron chi connectivity index (χ3n) is 4.67. The van der Waals surface area contributed by atoms with E-state index in [0.29, 0.717) is 12.1 Å². The molecular formula is C19H30N4O2. The van der Waals surface area contributed by atoms with E-state index in [2.05, 4.69) is 39.6 Å². The molecule has 1 aromatic rings. The van der Waals surface area contributed by atoms with Gasteiger partial charge in [-0.1, -0.05) is 0 Å². The molecular weight excluding hydrogens is 316 g/mol. The van der Waals surface area contributed by atoms with Gasteiger partial charge in [-0.2, -0.15) is 0 Å². The minimum Gasteiger partial charge on any atom is -0.497 e. The maximum Gasteiger partial charge on any atom is 0.191 e. The van der Waals surface area contributed by atoms with Gasteiger partial charge in [0.2, 0.25) is 0 Å². The Hall–Kier alpha value is -1.95. The molecule has 2 fully saturated rings. The Morgan fingerprint density at radius 2 is 1.76 bits per heavy atom. The third-order valence-corrected chi connectivity index (χ3v) is 4.67. The maximum absolute atomic E-state index is 5.37. The predicted octanol–water partition coefficient (Wildman–Crippen LogP) is 2.00. The Bertz CT molecular complexity index is 579. The number of guanidine groups is 1. The molecule has 1 unspecified atom stereocenters. The Morgan fingerprint density at radius 3 is 2.36 bits per heavy atom. The Balaban J connectivity index is 1.54. The van der Waals surface area contributed by atoms with Crippen LogP contribution in [0, 0.1) is 0 Å². The number of hydrogen-bond acceptors (Lipinski definition) is 4. The minimum absolute atomic E-state index is 0.448. The average molecular weight is 346 g/mol. The van der Waals surface area contributed by atoms with Gasteiger partial charge >= 0.3 is 0 Å². The number of ether oxygens (including phenoxy) is 2. The largest absolute Gasteiger partial charge is 0.497 e. The summed E-state index contributed by atoms with van der Waals surface area (Å²) >= 11 is 0. The Labute approximate surface area is 150 Å². The molecule has 1 aliphatic heterocycles. The molecule has 1 saturated heterocycles. The van der Waals surface area contributed by atoms with Crippen LogP contribution < -0.4 is 20.1 Å². The minimum atomic E-state index is 0.448. The van der Waals surface area contributed by atoms with Crippen molar-refractivity contribution in [2.75, 3.05) is 33.9 Å². The first-order valence-electron chi connectivity index (χ1n) is 9.22. The van der Waals surface area contributed by atoms with Gasteiger partial charge in [0.05, 0.1) is 14.2 Å². The van der Waals surface area contributed by atoms with Crippen LogP contribution in [0.15, 0.2) is 23.2 Å². The zero-order chi connectivity index (χ0) is 17.6. The molecule has 1 aliphatic carbocycles. The number of likely N-dealkylation sites (tertiary alicyclic amines) is 1. The van der Waals surface area contributed by atoms with Crippen molar-refractivity contribution in [2.24, 2.45) is 4.99 Å². The quantitative estimate of drug-likeness (QED) is 0.584. The van der Waals surface area contributed by atoms with Gasteiger partial charge in [0.25, 0.3) is 0 Å². The third kappa shape index (κ3) is 5.26. The van der Waals surface area contributed by atoms with Gasteiger partial charge in [-0.05, 0) is 43.9 Å². The number of nitrogens with zero attached hydrogens (tertiary/aromatic N) is 2. The molecule has 6 nitrogen and oxygen atoms in total. The molecule has 0 bridgehead atoms. The molecule has 0 radical (unpaired) electrons. The fourth-order valence-corrected chi connectivity index (χ4v) is 3.22. The molecule has 1 atom stereocenters. The lowest BCUT2D eigenvalue weighted by atomic mass is 10.2. The van der Waals surface area contributed by atoms with Crippen molar-refractivity contribution < 1.29 is 9.47 Å². The van der Waals surface area contributed by atoms with Crippen LogP contribution in [0.25, 0.3) is 0 Å². The van der Waals surface area contributed by atoms with Crippen LogP contribution in [-0.2, 0) is 6.54 Å². The number of rotatable bonds is 7. The summed E-state index contributed by atoms with van der Waals surface area (Å²) in [7, 11) is 3.38. The van der Waals surface area contributed by atoms with Crippen LogP contribution in [0.2, 0.25) is 0 Å². The van der Waals surface area contributed by atoms with Gasteiger partial charge in [0, 0.05) is 44.3 Å². The molecule has 0 aromatic heterocycles. The number of nitrogens with one attached hydrogen (secondary N) is 2. The molecule has 3 rings (SSSR count). The van der Waals surface area contributed by atoms with Gasteiger partial charge in [0.1, 0.15) is 11.5 Å². The van der Waals surface area contributed by atoms with E-state index in [9.17, 15) is 0 Å². The SMILES string of the molecule is CCN=C(NC1CC1)NC1CCN(Cc2cc(OC)cc(OC)c2)C1. The summed E-state index contributed by atoms with van der Waals surface area (Å²) in [6.07, 6.45) is 3.66. The fraction of sp³-hybridized carbons (Fsp3) is 0.632. The number of aliphatic imine (C=N–C) groups is 1. The van der Waals surface area contributed by atoms with Gasteiger partial charge < -0.3 is 20.1 Å². The second-order valence-corrected chi connectivity index (χ2v) is 6.83. The lowest BCUT2D eigenvalue weighted by Crippen LogP contribution is -2.45. The predicted molar refractivity (Wildman–Crippen MR) is 100 cm³/mol. The van der Waals surface area contributed by atoms with E-state index >= 15 is 0 Å². The highest BCUT2D eigenvalue weighted by atomic mass is 16.5. The van der Waals surface area contributed by atoms with E-state index in [1.165, 1.54) is 18.4 Å². The lowest BCUT2D eigenvalue weighted by Gasteiger charge is -2.19. The highest BCUT2D eigenvalue weighted by Crippen LogP contribution is 2.24. The number of hydrogen-bond donors (Lipinski definition) is 2. The summed E-state index contributed by atoms with van der Waals surface area (Å²) in [6.45, 7) is 5.89. The molecule has 2 aliphatic rings. The molecule has 0 amide bonds. The first kappa shape index (κ1) is 17.9. The summed E-state index contributed by atoms with van der Waals surface area (Å²) in [4.78, 5) is 7.03. The second kappa shape index (κ2) is 8.43. The number of benzene rings is 1. The van der Waals surface area contributed by atoms with Gasteiger partial charge in [-0.3, -0.25) is 9.89 Å². The van der Waals surface area contributed by atoms with Gasteiger partial charge in [-0.15, -0.1) is 0 Å². The van der Waals surface area contributed by atoms with E-state index in [4.69, 9.17) is 9.47 Å². The van der Waals surface area contributed by atoms with Crippen LogP contribution in [-0.4, -0.2) is 56.8 Å². The Kier molecular flexibility index (Phi) is 6.02. The first-order valence-corrected chi connectivity index (χ1v) is 9.22. The van der Waals surface area contributed by atoms with Gasteiger partial charge in [0.15, 0.2) is 5.96 Å². The highest BCUT2D eigenvalue weighted by molar-refractivity contribution is 5.80. The van der Waals surface area contributed by atoms with Crippen LogP contribution in [0.1, 0.15) is 31.7 Å². The second-order valence-electron chi connectivity index (χ2n) is 6.83. The van der Waals surface area contributed by atoms with E-state index in [-0.39, 0.29) is 0 Å². The van der Waals surface area contributed by atoms with Crippen LogP contribution in [0.3, 0.4) is 0 Å². The molecule has 25 heavy (non-hydrogen) atoms. The average Bonchev–Trinajstić information content (AvgIpc) is 3.33. The fourth-order valence-electron chi connectivity index (χ4n) is 3.22. The van der Waals surface area contributed by atoms with Crippen molar-refractivity contribution in [3.8, 4) is 11.5 Å². The van der Waals surface area contributed by atoms with E-state index in [1.807, 2.05) is 6.07 Å². The maximum atomic E-state index is 5.37. The Morgan fingerprint density at radius 1 is 1.08 bits per heavy atom.